The van der Waals surface area contributed by atoms with E-state index in [2.05, 4.69) is 10.6 Å². The first kappa shape index (κ1) is 13.6. The molecule has 0 spiro atoms. The number of carbonyl (C=O) groups excluding carboxylic acids is 1. The highest BCUT2D eigenvalue weighted by molar-refractivity contribution is 6.34. The molecule has 2 rings (SSSR count). The minimum atomic E-state index is -0.558. The second-order valence-corrected chi connectivity index (χ2v) is 4.87. The number of nitro benzene ring substituents is 1. The standard InChI is InChI=1S/C12H14ClN3O3/c1-14-11-9(13)5-7(6-10(11)16(18)19)12(17)15-8-3-2-4-8/h5-6,8,14H,2-4H2,1H3,(H,15,17). The smallest absolute Gasteiger partial charge is 0.294 e. The highest BCUT2D eigenvalue weighted by Crippen LogP contribution is 2.33. The van der Waals surface area contributed by atoms with E-state index < -0.39 is 4.92 Å². The van der Waals surface area contributed by atoms with Crippen LogP contribution in [-0.4, -0.2) is 23.9 Å². The summed E-state index contributed by atoms with van der Waals surface area (Å²) in [5.41, 5.74) is 0.225. The first-order chi connectivity index (χ1) is 9.02. The molecule has 0 saturated heterocycles. The number of rotatable bonds is 4. The van der Waals surface area contributed by atoms with Gasteiger partial charge in [-0.15, -0.1) is 0 Å². The molecule has 1 aromatic carbocycles. The normalized spacial score (nSPS) is 14.6. The van der Waals surface area contributed by atoms with Crippen molar-refractivity contribution in [1.29, 1.82) is 0 Å². The quantitative estimate of drug-likeness (QED) is 0.657. The molecular formula is C12H14ClN3O3. The fraction of sp³-hybridized carbons (Fsp3) is 0.417. The third kappa shape index (κ3) is 2.78. The molecule has 0 aliphatic heterocycles. The maximum Gasteiger partial charge on any atom is 0.294 e. The summed E-state index contributed by atoms with van der Waals surface area (Å²) in [7, 11) is 1.54. The van der Waals surface area contributed by atoms with E-state index in [4.69, 9.17) is 11.6 Å². The third-order valence-corrected chi connectivity index (χ3v) is 3.52. The third-order valence-electron chi connectivity index (χ3n) is 3.22. The van der Waals surface area contributed by atoms with Gasteiger partial charge in [0.2, 0.25) is 0 Å². The zero-order chi connectivity index (χ0) is 14.0. The lowest BCUT2D eigenvalue weighted by molar-refractivity contribution is -0.383. The average molecular weight is 284 g/mol. The van der Waals surface area contributed by atoms with Gasteiger partial charge in [-0.1, -0.05) is 11.6 Å². The zero-order valence-electron chi connectivity index (χ0n) is 10.4. The van der Waals surface area contributed by atoms with Crippen LogP contribution >= 0.6 is 11.6 Å². The lowest BCUT2D eigenvalue weighted by atomic mass is 9.93. The predicted molar refractivity (Wildman–Crippen MR) is 72.8 cm³/mol. The summed E-state index contributed by atoms with van der Waals surface area (Å²) in [5.74, 6) is -0.322. The van der Waals surface area contributed by atoms with E-state index in [-0.39, 0.29) is 33.9 Å². The number of amides is 1. The second kappa shape index (κ2) is 5.44. The molecule has 2 N–H and O–H groups in total. The highest BCUT2D eigenvalue weighted by Gasteiger charge is 2.24. The molecule has 19 heavy (non-hydrogen) atoms. The number of halogens is 1. The Kier molecular flexibility index (Phi) is 3.90. The van der Waals surface area contributed by atoms with Gasteiger partial charge in [-0.2, -0.15) is 0 Å². The van der Waals surface area contributed by atoms with Gasteiger partial charge in [-0.25, -0.2) is 0 Å². The van der Waals surface area contributed by atoms with Crippen LogP contribution in [0.3, 0.4) is 0 Å². The summed E-state index contributed by atoms with van der Waals surface area (Å²) in [5, 5.41) is 16.6. The number of anilines is 1. The fourth-order valence-electron chi connectivity index (χ4n) is 1.94. The van der Waals surface area contributed by atoms with Gasteiger partial charge in [0.15, 0.2) is 0 Å². The summed E-state index contributed by atoms with van der Waals surface area (Å²) >= 11 is 5.96. The van der Waals surface area contributed by atoms with Crippen molar-refractivity contribution in [2.45, 2.75) is 25.3 Å². The molecule has 6 nitrogen and oxygen atoms in total. The van der Waals surface area contributed by atoms with Crippen LogP contribution in [0, 0.1) is 10.1 Å². The Hall–Kier alpha value is -1.82. The van der Waals surface area contributed by atoms with Crippen molar-refractivity contribution in [1.82, 2.24) is 5.32 Å². The van der Waals surface area contributed by atoms with Crippen LogP contribution in [0.25, 0.3) is 0 Å². The van der Waals surface area contributed by atoms with E-state index in [0.29, 0.717) is 0 Å². The highest BCUT2D eigenvalue weighted by atomic mass is 35.5. The minimum absolute atomic E-state index is 0.162. The number of nitro groups is 1. The summed E-state index contributed by atoms with van der Waals surface area (Å²) in [6, 6.07) is 2.86. The summed E-state index contributed by atoms with van der Waals surface area (Å²) in [4.78, 5) is 22.4. The Morgan fingerprint density at radius 2 is 2.16 bits per heavy atom. The molecule has 1 aromatic rings. The first-order valence-corrected chi connectivity index (χ1v) is 6.37. The molecule has 1 amide bonds. The molecule has 1 aliphatic rings. The van der Waals surface area contributed by atoms with Gasteiger partial charge >= 0.3 is 0 Å². The SMILES string of the molecule is CNc1c(Cl)cc(C(=O)NC2CCC2)cc1[N+](=O)[O-]. The van der Waals surface area contributed by atoms with E-state index in [1.165, 1.54) is 12.1 Å². The molecule has 1 saturated carbocycles. The van der Waals surface area contributed by atoms with Crippen LogP contribution in [0.15, 0.2) is 12.1 Å². The van der Waals surface area contributed by atoms with E-state index >= 15 is 0 Å². The molecule has 0 radical (unpaired) electrons. The first-order valence-electron chi connectivity index (χ1n) is 5.99. The Morgan fingerprint density at radius 1 is 1.47 bits per heavy atom. The van der Waals surface area contributed by atoms with E-state index in [1.807, 2.05) is 0 Å². The van der Waals surface area contributed by atoms with Crippen LogP contribution in [-0.2, 0) is 0 Å². The van der Waals surface area contributed by atoms with Crippen molar-refractivity contribution in [3.8, 4) is 0 Å². The monoisotopic (exact) mass is 283 g/mol. The van der Waals surface area contributed by atoms with Gasteiger partial charge in [0.05, 0.1) is 9.95 Å². The molecule has 0 heterocycles. The minimum Gasteiger partial charge on any atom is -0.381 e. The van der Waals surface area contributed by atoms with Crippen LogP contribution < -0.4 is 10.6 Å². The Labute approximate surface area is 115 Å². The van der Waals surface area contributed by atoms with Crippen LogP contribution in [0.5, 0.6) is 0 Å². The predicted octanol–water partition coefficient (Wildman–Crippen LogP) is 2.57. The number of nitrogens with one attached hydrogen (secondary N) is 2. The average Bonchev–Trinajstić information content (AvgIpc) is 2.32. The van der Waals surface area contributed by atoms with Crippen LogP contribution in [0.4, 0.5) is 11.4 Å². The molecule has 1 fully saturated rings. The number of hydrogen-bond acceptors (Lipinski definition) is 4. The fourth-order valence-corrected chi connectivity index (χ4v) is 2.24. The van der Waals surface area contributed by atoms with E-state index in [1.54, 1.807) is 7.05 Å². The molecule has 0 atom stereocenters. The topological polar surface area (TPSA) is 84.3 Å². The molecule has 1 aliphatic carbocycles. The van der Waals surface area contributed by atoms with Crippen LogP contribution in [0.1, 0.15) is 29.6 Å². The Balaban J connectivity index is 2.30. The van der Waals surface area contributed by atoms with Crippen LogP contribution in [0.2, 0.25) is 5.02 Å². The van der Waals surface area contributed by atoms with Gasteiger partial charge in [0, 0.05) is 24.7 Å². The summed E-state index contributed by atoms with van der Waals surface area (Å²) < 4.78 is 0. The van der Waals surface area contributed by atoms with Gasteiger partial charge in [0.25, 0.3) is 11.6 Å². The zero-order valence-corrected chi connectivity index (χ0v) is 11.2. The molecule has 0 aromatic heterocycles. The maximum atomic E-state index is 12.0. The lowest BCUT2D eigenvalue weighted by Crippen LogP contribution is -2.39. The Morgan fingerprint density at radius 3 is 2.63 bits per heavy atom. The molecular weight excluding hydrogens is 270 g/mol. The van der Waals surface area contributed by atoms with Crippen molar-refractivity contribution in [2.24, 2.45) is 0 Å². The van der Waals surface area contributed by atoms with Crippen molar-refractivity contribution in [3.05, 3.63) is 32.8 Å². The number of hydrogen-bond donors (Lipinski definition) is 2. The molecule has 7 heteroatoms. The van der Waals surface area contributed by atoms with Gasteiger partial charge < -0.3 is 10.6 Å². The van der Waals surface area contributed by atoms with Gasteiger partial charge in [0.1, 0.15) is 5.69 Å². The second-order valence-electron chi connectivity index (χ2n) is 4.46. The molecule has 102 valence electrons. The number of benzene rings is 1. The Bertz CT molecular complexity index is 529. The lowest BCUT2D eigenvalue weighted by Gasteiger charge is -2.26. The van der Waals surface area contributed by atoms with E-state index in [0.717, 1.165) is 19.3 Å². The van der Waals surface area contributed by atoms with Crippen molar-refractivity contribution < 1.29 is 9.72 Å². The molecule has 0 bridgehead atoms. The summed E-state index contributed by atoms with van der Waals surface area (Å²) in [6.45, 7) is 0. The molecule has 0 unspecified atom stereocenters. The van der Waals surface area contributed by atoms with Crippen molar-refractivity contribution in [2.75, 3.05) is 12.4 Å². The number of nitrogens with zero attached hydrogens (tertiary/aromatic N) is 1. The number of carbonyl (C=O) groups is 1. The van der Waals surface area contributed by atoms with Crippen molar-refractivity contribution >= 4 is 28.9 Å². The van der Waals surface area contributed by atoms with Gasteiger partial charge in [-0.05, 0) is 25.3 Å². The maximum absolute atomic E-state index is 12.0. The van der Waals surface area contributed by atoms with Crippen molar-refractivity contribution in [3.63, 3.8) is 0 Å². The summed E-state index contributed by atoms with van der Waals surface area (Å²) in [6.07, 6.45) is 3.01. The largest absolute Gasteiger partial charge is 0.381 e. The van der Waals surface area contributed by atoms with E-state index in [9.17, 15) is 14.9 Å². The van der Waals surface area contributed by atoms with Gasteiger partial charge in [-0.3, -0.25) is 14.9 Å².